The molecule has 10 nitrogen and oxygen atoms in total. The molecule has 1 amide bonds. The number of rotatable bonds is 5. The number of pyridine rings is 1. The largest absolute Gasteiger partial charge is 0.496 e. The van der Waals surface area contributed by atoms with E-state index in [1.54, 1.807) is 25.1 Å². The van der Waals surface area contributed by atoms with Crippen LogP contribution in [-0.2, 0) is 9.53 Å². The third-order valence-electron chi connectivity index (χ3n) is 7.18. The molecule has 4 heterocycles. The number of fused-ring (bicyclic) bond motifs is 4. The highest BCUT2D eigenvalue weighted by atomic mass is 16.5. The number of carbonyl (C=O) groups excluding carboxylic acids is 2. The Balaban J connectivity index is 1.68. The first-order valence-electron chi connectivity index (χ1n) is 13.0. The van der Waals surface area contributed by atoms with Crippen LogP contribution in [0.3, 0.4) is 0 Å². The molecule has 0 bridgehead atoms. The fourth-order valence-corrected chi connectivity index (χ4v) is 5.37. The monoisotopic (exact) mass is 536 g/mol. The average Bonchev–Trinajstić information content (AvgIpc) is 3.33. The van der Waals surface area contributed by atoms with Crippen molar-refractivity contribution in [2.45, 2.75) is 13.8 Å². The van der Waals surface area contributed by atoms with Gasteiger partial charge < -0.3 is 25.1 Å². The van der Waals surface area contributed by atoms with Gasteiger partial charge >= 0.3 is 0 Å². The van der Waals surface area contributed by atoms with Crippen LogP contribution in [0.15, 0.2) is 54.4 Å². The summed E-state index contributed by atoms with van der Waals surface area (Å²) in [6, 6.07) is 13.4. The summed E-state index contributed by atoms with van der Waals surface area (Å²) in [5, 5.41) is 2.41. The number of para-hydroxylation sites is 1. The Kier molecular flexibility index (Phi) is 6.39. The molecule has 0 aliphatic carbocycles. The number of methoxy groups -OCH3 is 1. The normalized spacial score (nSPS) is 14.5. The Hall–Kier alpha value is -4.83. The highest BCUT2D eigenvalue weighted by Crippen LogP contribution is 2.40. The third-order valence-corrected chi connectivity index (χ3v) is 7.18. The van der Waals surface area contributed by atoms with Crippen molar-refractivity contribution in [1.29, 1.82) is 0 Å². The fourth-order valence-electron chi connectivity index (χ4n) is 5.37. The molecule has 40 heavy (non-hydrogen) atoms. The molecule has 0 spiro atoms. The van der Waals surface area contributed by atoms with Crippen LogP contribution in [0.2, 0.25) is 0 Å². The van der Waals surface area contributed by atoms with Gasteiger partial charge in [-0.15, -0.1) is 0 Å². The summed E-state index contributed by atoms with van der Waals surface area (Å²) in [6.45, 7) is 5.04. The van der Waals surface area contributed by atoms with Gasteiger partial charge in [0.05, 0.1) is 36.9 Å². The van der Waals surface area contributed by atoms with E-state index in [0.717, 1.165) is 27.2 Å². The van der Waals surface area contributed by atoms with Gasteiger partial charge in [-0.2, -0.15) is 0 Å². The minimum Gasteiger partial charge on any atom is -0.496 e. The number of amides is 1. The number of aromatic nitrogens is 4. The van der Waals surface area contributed by atoms with Gasteiger partial charge in [-0.1, -0.05) is 18.2 Å². The zero-order valence-corrected chi connectivity index (χ0v) is 22.4. The minimum absolute atomic E-state index is 0.0890. The van der Waals surface area contributed by atoms with Crippen molar-refractivity contribution < 1.29 is 19.1 Å². The van der Waals surface area contributed by atoms with Gasteiger partial charge in [0, 0.05) is 58.0 Å². The van der Waals surface area contributed by atoms with Gasteiger partial charge in [-0.05, 0) is 38.1 Å². The Bertz CT molecular complexity index is 1840. The van der Waals surface area contributed by atoms with Crippen LogP contribution in [0.4, 0.5) is 0 Å². The van der Waals surface area contributed by atoms with E-state index < -0.39 is 0 Å². The van der Waals surface area contributed by atoms with E-state index >= 15 is 0 Å². The third kappa shape index (κ3) is 4.22. The molecule has 1 aliphatic rings. The van der Waals surface area contributed by atoms with Crippen molar-refractivity contribution in [1.82, 2.24) is 24.8 Å². The molecule has 5 aromatic rings. The van der Waals surface area contributed by atoms with E-state index in [2.05, 4.69) is 9.97 Å². The minimum atomic E-state index is -0.262. The molecule has 0 unspecified atom stereocenters. The standard InChI is InChI=1S/C30H28N6O4/c1-16(31)25(17(2)37)21-14-23-20(15-24(21)39-3)26-27(19-8-9-32-22-7-5-4-6-18(19)22)34-29(35-28(26)33-23)30(38)36-10-12-40-13-11-36/h4-9,14-15H,10-13,31H2,1-3H3,(H,33,34,35). The maximum absolute atomic E-state index is 13.5. The van der Waals surface area contributed by atoms with Crippen LogP contribution in [0.25, 0.3) is 49.7 Å². The topological polar surface area (TPSA) is 136 Å². The van der Waals surface area contributed by atoms with Crippen molar-refractivity contribution >= 4 is 50.1 Å². The van der Waals surface area contributed by atoms with Crippen molar-refractivity contribution in [3.05, 3.63) is 65.7 Å². The lowest BCUT2D eigenvalue weighted by molar-refractivity contribution is -0.111. The molecule has 6 rings (SSSR count). The van der Waals surface area contributed by atoms with E-state index in [1.807, 2.05) is 42.5 Å². The number of hydrogen-bond donors (Lipinski definition) is 2. The lowest BCUT2D eigenvalue weighted by atomic mass is 9.97. The number of hydrogen-bond acceptors (Lipinski definition) is 8. The molecular formula is C30H28N6O4. The molecule has 10 heteroatoms. The molecule has 1 saturated heterocycles. The number of aromatic amines is 1. The first-order valence-corrected chi connectivity index (χ1v) is 13.0. The first-order chi connectivity index (χ1) is 19.4. The number of morpholine rings is 1. The zero-order valence-electron chi connectivity index (χ0n) is 22.4. The maximum atomic E-state index is 13.5. The van der Waals surface area contributed by atoms with E-state index in [-0.39, 0.29) is 17.5 Å². The van der Waals surface area contributed by atoms with Crippen LogP contribution in [-0.4, -0.2) is 69.9 Å². The number of ether oxygens (including phenoxy) is 2. The predicted molar refractivity (Wildman–Crippen MR) is 153 cm³/mol. The summed E-state index contributed by atoms with van der Waals surface area (Å²) in [5.74, 6) is 0.145. The quantitative estimate of drug-likeness (QED) is 0.321. The van der Waals surface area contributed by atoms with Crippen molar-refractivity contribution in [2.75, 3.05) is 33.4 Å². The first kappa shape index (κ1) is 25.4. The number of nitrogens with one attached hydrogen (secondary N) is 1. The summed E-state index contributed by atoms with van der Waals surface area (Å²) >= 11 is 0. The Morgan fingerprint density at radius 1 is 1.05 bits per heavy atom. The van der Waals surface area contributed by atoms with Gasteiger partial charge in [0.25, 0.3) is 5.91 Å². The van der Waals surface area contributed by atoms with E-state index in [9.17, 15) is 9.59 Å². The second-order valence-electron chi connectivity index (χ2n) is 9.74. The number of H-pyrrole nitrogens is 1. The highest BCUT2D eigenvalue weighted by Gasteiger charge is 2.26. The van der Waals surface area contributed by atoms with Gasteiger partial charge in [0.2, 0.25) is 5.82 Å². The van der Waals surface area contributed by atoms with Crippen molar-refractivity contribution in [2.24, 2.45) is 5.73 Å². The second-order valence-corrected chi connectivity index (χ2v) is 9.74. The molecule has 3 aromatic heterocycles. The number of nitrogens with zero attached hydrogens (tertiary/aromatic N) is 4. The van der Waals surface area contributed by atoms with Gasteiger partial charge in [-0.25, -0.2) is 9.97 Å². The Morgan fingerprint density at radius 2 is 1.82 bits per heavy atom. The van der Waals surface area contributed by atoms with Crippen molar-refractivity contribution in [3.8, 4) is 17.0 Å². The molecule has 2 aromatic carbocycles. The smallest absolute Gasteiger partial charge is 0.291 e. The number of allylic oxidation sites excluding steroid dienone is 2. The van der Waals surface area contributed by atoms with E-state index in [1.165, 1.54) is 6.92 Å². The molecule has 3 N–H and O–H groups in total. The molecule has 0 atom stereocenters. The number of nitrogens with two attached hydrogens (primary N) is 1. The Labute approximate surface area is 229 Å². The van der Waals surface area contributed by atoms with E-state index in [4.69, 9.17) is 25.2 Å². The molecule has 202 valence electrons. The van der Waals surface area contributed by atoms with Crippen LogP contribution < -0.4 is 10.5 Å². The number of carbonyl (C=O) groups is 2. The van der Waals surface area contributed by atoms with E-state index in [0.29, 0.717) is 65.7 Å². The maximum Gasteiger partial charge on any atom is 0.291 e. The van der Waals surface area contributed by atoms with Gasteiger partial charge in [0.1, 0.15) is 11.4 Å². The number of Topliss-reactive ketones (excluding diaryl/α,β-unsaturated/α-hetero) is 1. The van der Waals surface area contributed by atoms with Crippen LogP contribution in [0.1, 0.15) is 30.0 Å². The molecule has 0 radical (unpaired) electrons. The molecule has 1 fully saturated rings. The average molecular weight is 537 g/mol. The number of benzene rings is 2. The lowest BCUT2D eigenvalue weighted by Gasteiger charge is -2.26. The Morgan fingerprint density at radius 3 is 2.55 bits per heavy atom. The SMILES string of the molecule is COc1cc2c(cc1C(C(C)=O)=C(C)N)[nH]c1nc(C(=O)N3CCOCC3)nc(-c3ccnc4ccccc34)c12. The fraction of sp³-hybridized carbons (Fsp3) is 0.233. The number of ketones is 1. The van der Waals surface area contributed by atoms with Crippen LogP contribution in [0, 0.1) is 0 Å². The molecular weight excluding hydrogens is 508 g/mol. The summed E-state index contributed by atoms with van der Waals surface area (Å²) in [6.07, 6.45) is 1.73. The molecule has 1 aliphatic heterocycles. The summed E-state index contributed by atoms with van der Waals surface area (Å²) < 4.78 is 11.2. The second kappa shape index (κ2) is 10.0. The van der Waals surface area contributed by atoms with Crippen LogP contribution >= 0.6 is 0 Å². The zero-order chi connectivity index (χ0) is 28.0. The predicted octanol–water partition coefficient (Wildman–Crippen LogP) is 4.09. The summed E-state index contributed by atoms with van der Waals surface area (Å²) in [7, 11) is 1.55. The summed E-state index contributed by atoms with van der Waals surface area (Å²) in [4.78, 5) is 45.2. The van der Waals surface area contributed by atoms with Crippen molar-refractivity contribution in [3.63, 3.8) is 0 Å². The van der Waals surface area contributed by atoms with Crippen LogP contribution in [0.5, 0.6) is 5.75 Å². The van der Waals surface area contributed by atoms with Gasteiger partial charge in [-0.3, -0.25) is 14.6 Å². The highest BCUT2D eigenvalue weighted by molar-refractivity contribution is 6.23. The molecule has 0 saturated carbocycles. The summed E-state index contributed by atoms with van der Waals surface area (Å²) in [5.41, 5.74) is 10.9. The lowest BCUT2D eigenvalue weighted by Crippen LogP contribution is -2.41. The van der Waals surface area contributed by atoms with Gasteiger partial charge in [0.15, 0.2) is 5.78 Å².